The quantitative estimate of drug-likeness (QED) is 0.789. The maximum Gasteiger partial charge on any atom is 0.408 e. The number of hydrogen-bond donors (Lipinski definition) is 0. The van der Waals surface area contributed by atoms with E-state index in [0.717, 1.165) is 0 Å². The van der Waals surface area contributed by atoms with E-state index in [1.165, 1.54) is 24.3 Å². The molecule has 0 bridgehead atoms. The van der Waals surface area contributed by atoms with Crippen molar-refractivity contribution in [2.24, 2.45) is 0 Å². The smallest absolute Gasteiger partial charge is 0.408 e. The maximum atomic E-state index is 12.3. The summed E-state index contributed by atoms with van der Waals surface area (Å²) in [6, 6.07) is 5.80. The van der Waals surface area contributed by atoms with Gasteiger partial charge in [-0.2, -0.15) is 18.3 Å². The van der Waals surface area contributed by atoms with Crippen LogP contribution in [0.3, 0.4) is 0 Å². The van der Waals surface area contributed by atoms with Crippen molar-refractivity contribution < 1.29 is 23.1 Å². The van der Waals surface area contributed by atoms with E-state index in [0.29, 0.717) is 4.68 Å². The molecule has 1 heterocycles. The van der Waals surface area contributed by atoms with Gasteiger partial charge in [0.05, 0.1) is 11.5 Å². The Hall–Kier alpha value is -2.05. The molecule has 0 N–H and O–H groups in total. The monoisotopic (exact) mass is 243 g/mol. The van der Waals surface area contributed by atoms with Crippen molar-refractivity contribution >= 4 is 16.9 Å². The number of carboxylic acid groups (broad SMARTS) is 1. The van der Waals surface area contributed by atoms with Gasteiger partial charge in [0.1, 0.15) is 12.2 Å². The zero-order valence-electron chi connectivity index (χ0n) is 8.36. The second kappa shape index (κ2) is 3.76. The van der Waals surface area contributed by atoms with Gasteiger partial charge in [0.25, 0.3) is 0 Å². The van der Waals surface area contributed by atoms with Crippen LogP contribution in [0.15, 0.2) is 24.3 Å². The van der Waals surface area contributed by atoms with Crippen LogP contribution in [-0.2, 0) is 6.54 Å². The van der Waals surface area contributed by atoms with E-state index in [1.807, 2.05) is 0 Å². The van der Waals surface area contributed by atoms with E-state index >= 15 is 0 Å². The van der Waals surface area contributed by atoms with Crippen LogP contribution < -0.4 is 5.11 Å². The fraction of sp³-hybridized carbons (Fsp3) is 0.200. The third-order valence-electron chi connectivity index (χ3n) is 2.18. The van der Waals surface area contributed by atoms with Gasteiger partial charge in [-0.1, -0.05) is 18.2 Å². The molecule has 0 amide bonds. The summed E-state index contributed by atoms with van der Waals surface area (Å²) in [7, 11) is 0. The number of aromatic nitrogens is 2. The Morgan fingerprint density at radius 1 is 1.35 bits per heavy atom. The van der Waals surface area contributed by atoms with Crippen LogP contribution in [0.25, 0.3) is 10.9 Å². The van der Waals surface area contributed by atoms with E-state index in [2.05, 4.69) is 5.10 Å². The van der Waals surface area contributed by atoms with Crippen LogP contribution in [0.4, 0.5) is 13.2 Å². The first-order chi connectivity index (χ1) is 7.88. The molecular formula is C10H6F3N2O2-. The summed E-state index contributed by atoms with van der Waals surface area (Å²) in [6.45, 7) is -1.33. The Morgan fingerprint density at radius 3 is 2.59 bits per heavy atom. The molecule has 0 saturated heterocycles. The minimum absolute atomic E-state index is 0.115. The molecule has 90 valence electrons. The van der Waals surface area contributed by atoms with Gasteiger partial charge in [0, 0.05) is 5.39 Å². The van der Waals surface area contributed by atoms with Crippen molar-refractivity contribution in [3.63, 3.8) is 0 Å². The average Bonchev–Trinajstić information content (AvgIpc) is 2.55. The Labute approximate surface area is 93.3 Å². The highest BCUT2D eigenvalue weighted by Crippen LogP contribution is 2.23. The van der Waals surface area contributed by atoms with Gasteiger partial charge >= 0.3 is 6.18 Å². The van der Waals surface area contributed by atoms with Crippen LogP contribution in [0, 0.1) is 0 Å². The lowest BCUT2D eigenvalue weighted by Gasteiger charge is -2.06. The van der Waals surface area contributed by atoms with E-state index in [9.17, 15) is 23.1 Å². The summed E-state index contributed by atoms with van der Waals surface area (Å²) in [4.78, 5) is 10.7. The van der Waals surface area contributed by atoms with Crippen LogP contribution in [-0.4, -0.2) is 21.9 Å². The van der Waals surface area contributed by atoms with Gasteiger partial charge in [-0.3, -0.25) is 4.68 Å². The number of hydrogen-bond acceptors (Lipinski definition) is 3. The fourth-order valence-corrected chi connectivity index (χ4v) is 1.57. The maximum absolute atomic E-state index is 12.3. The number of nitrogens with zero attached hydrogens (tertiary/aromatic N) is 2. The van der Waals surface area contributed by atoms with Crippen molar-refractivity contribution in [1.29, 1.82) is 0 Å². The van der Waals surface area contributed by atoms with Gasteiger partial charge in [0.15, 0.2) is 0 Å². The van der Waals surface area contributed by atoms with Gasteiger partial charge in [-0.15, -0.1) is 0 Å². The topological polar surface area (TPSA) is 57.9 Å². The van der Waals surface area contributed by atoms with Crippen molar-refractivity contribution in [2.45, 2.75) is 12.7 Å². The molecule has 0 aliphatic rings. The highest BCUT2D eigenvalue weighted by Gasteiger charge is 2.29. The lowest BCUT2D eigenvalue weighted by atomic mass is 10.2. The summed E-state index contributed by atoms with van der Waals surface area (Å²) in [5.41, 5.74) is -0.367. The highest BCUT2D eigenvalue weighted by atomic mass is 19.4. The highest BCUT2D eigenvalue weighted by molar-refractivity contribution is 6.00. The van der Waals surface area contributed by atoms with Crippen molar-refractivity contribution in [1.82, 2.24) is 9.78 Å². The second-order valence-electron chi connectivity index (χ2n) is 3.43. The van der Waals surface area contributed by atoms with Gasteiger partial charge < -0.3 is 9.90 Å². The molecule has 1 aromatic carbocycles. The molecular weight excluding hydrogens is 237 g/mol. The molecule has 0 unspecified atom stereocenters. The molecule has 0 atom stereocenters. The summed E-state index contributed by atoms with van der Waals surface area (Å²) < 4.78 is 37.4. The zero-order chi connectivity index (χ0) is 12.6. The van der Waals surface area contributed by atoms with Crippen molar-refractivity contribution in [3.05, 3.63) is 30.0 Å². The standard InChI is InChI=1S/C10H7F3N2O2/c11-10(12,13)5-15-7-4-2-1-3-6(7)8(14-15)9(16)17/h1-4H,5H2,(H,16,17)/p-1. The molecule has 0 fully saturated rings. The average molecular weight is 243 g/mol. The van der Waals surface area contributed by atoms with E-state index in [1.54, 1.807) is 0 Å². The summed E-state index contributed by atoms with van der Waals surface area (Å²) >= 11 is 0. The Balaban J connectivity index is 2.61. The zero-order valence-corrected chi connectivity index (χ0v) is 8.36. The van der Waals surface area contributed by atoms with Gasteiger partial charge in [-0.05, 0) is 6.07 Å². The normalized spacial score (nSPS) is 11.9. The second-order valence-corrected chi connectivity index (χ2v) is 3.43. The first-order valence-electron chi connectivity index (χ1n) is 4.62. The Morgan fingerprint density at radius 2 is 2.00 bits per heavy atom. The van der Waals surface area contributed by atoms with E-state index in [-0.39, 0.29) is 10.9 Å². The van der Waals surface area contributed by atoms with E-state index in [4.69, 9.17) is 0 Å². The number of carboxylic acids is 1. The fourth-order valence-electron chi connectivity index (χ4n) is 1.57. The molecule has 4 nitrogen and oxygen atoms in total. The Kier molecular flexibility index (Phi) is 2.53. The largest absolute Gasteiger partial charge is 0.543 e. The number of carbonyl (C=O) groups excluding carboxylic acids is 1. The van der Waals surface area contributed by atoms with Crippen LogP contribution in [0.1, 0.15) is 10.5 Å². The van der Waals surface area contributed by atoms with Gasteiger partial charge in [0.2, 0.25) is 0 Å². The number of aromatic carboxylic acids is 1. The molecule has 0 radical (unpaired) electrons. The predicted molar refractivity (Wildman–Crippen MR) is 50.1 cm³/mol. The van der Waals surface area contributed by atoms with Gasteiger partial charge in [-0.25, -0.2) is 0 Å². The first kappa shape index (κ1) is 11.4. The molecule has 0 aliphatic carbocycles. The van der Waals surface area contributed by atoms with Crippen LogP contribution in [0.2, 0.25) is 0 Å². The molecule has 0 spiro atoms. The molecule has 2 aromatic rings. The summed E-state index contributed by atoms with van der Waals surface area (Å²) in [5, 5.41) is 14.3. The lowest BCUT2D eigenvalue weighted by molar-refractivity contribution is -0.255. The third-order valence-corrected chi connectivity index (χ3v) is 2.18. The third kappa shape index (κ3) is 2.22. The Bertz CT molecular complexity index is 574. The predicted octanol–water partition coefficient (Wildman–Crippen LogP) is 0.962. The summed E-state index contributed by atoms with van der Waals surface area (Å²) in [6.07, 6.45) is -4.46. The minimum atomic E-state index is -4.46. The van der Waals surface area contributed by atoms with E-state index < -0.39 is 24.4 Å². The first-order valence-corrected chi connectivity index (χ1v) is 4.62. The number of rotatable bonds is 2. The molecule has 7 heteroatoms. The molecule has 0 saturated carbocycles. The lowest BCUT2D eigenvalue weighted by Crippen LogP contribution is -2.24. The molecule has 1 aromatic heterocycles. The number of para-hydroxylation sites is 1. The van der Waals surface area contributed by atoms with Crippen LogP contribution >= 0.6 is 0 Å². The van der Waals surface area contributed by atoms with Crippen molar-refractivity contribution in [2.75, 3.05) is 0 Å². The number of benzene rings is 1. The molecule has 2 rings (SSSR count). The number of alkyl halides is 3. The SMILES string of the molecule is O=C([O-])c1nn(CC(F)(F)F)c2ccccc12. The number of halogens is 3. The van der Waals surface area contributed by atoms with Crippen molar-refractivity contribution in [3.8, 4) is 0 Å². The molecule has 0 aliphatic heterocycles. The molecule has 17 heavy (non-hydrogen) atoms. The minimum Gasteiger partial charge on any atom is -0.543 e. The summed E-state index contributed by atoms with van der Waals surface area (Å²) in [5.74, 6) is -1.60. The van der Waals surface area contributed by atoms with Crippen LogP contribution in [0.5, 0.6) is 0 Å². The number of carbonyl (C=O) groups is 1. The number of fused-ring (bicyclic) bond motifs is 1.